The summed E-state index contributed by atoms with van der Waals surface area (Å²) in [5, 5.41) is 7.22. The quantitative estimate of drug-likeness (QED) is 0.623. The second kappa shape index (κ2) is 10.6. The van der Waals surface area contributed by atoms with Gasteiger partial charge in [-0.2, -0.15) is 0 Å². The predicted octanol–water partition coefficient (Wildman–Crippen LogP) is 5.10. The van der Waals surface area contributed by atoms with E-state index in [1.807, 2.05) is 19.2 Å². The average molecular weight is 393 g/mol. The molecular formula is C21H26Cl2N2O. The molecule has 0 fully saturated rings. The number of halogens is 2. The number of hydrogen-bond donors (Lipinski definition) is 2. The second-order valence-electron chi connectivity index (χ2n) is 6.35. The summed E-state index contributed by atoms with van der Waals surface area (Å²) in [6, 6.07) is 13.8. The van der Waals surface area contributed by atoms with Gasteiger partial charge in [-0.05, 0) is 48.7 Å². The fourth-order valence-electron chi connectivity index (χ4n) is 2.81. The van der Waals surface area contributed by atoms with Gasteiger partial charge in [-0.1, -0.05) is 73.3 Å². The lowest BCUT2D eigenvalue weighted by atomic mass is 10.0. The normalized spacial score (nSPS) is 12.0. The molecule has 0 saturated heterocycles. The highest BCUT2D eigenvalue weighted by atomic mass is 35.5. The minimum absolute atomic E-state index is 0.0772. The molecule has 2 N–H and O–H groups in total. The molecule has 0 bridgehead atoms. The predicted molar refractivity (Wildman–Crippen MR) is 111 cm³/mol. The highest BCUT2D eigenvalue weighted by molar-refractivity contribution is 6.42. The lowest BCUT2D eigenvalue weighted by Gasteiger charge is -2.15. The minimum atomic E-state index is -0.105. The van der Waals surface area contributed by atoms with Gasteiger partial charge in [0, 0.05) is 6.54 Å². The zero-order chi connectivity index (χ0) is 18.9. The van der Waals surface area contributed by atoms with Crippen LogP contribution in [0.2, 0.25) is 10.0 Å². The van der Waals surface area contributed by atoms with Crippen molar-refractivity contribution in [3.63, 3.8) is 0 Å². The molecule has 5 heteroatoms. The summed E-state index contributed by atoms with van der Waals surface area (Å²) in [7, 11) is 1.83. The van der Waals surface area contributed by atoms with Crippen LogP contribution >= 0.6 is 23.2 Å². The van der Waals surface area contributed by atoms with E-state index in [4.69, 9.17) is 23.2 Å². The number of carbonyl (C=O) groups is 1. The number of benzene rings is 2. The molecule has 0 saturated carbocycles. The van der Waals surface area contributed by atoms with Crippen molar-refractivity contribution in [3.05, 3.63) is 58.1 Å². The Morgan fingerprint density at radius 2 is 1.73 bits per heavy atom. The Morgan fingerprint density at radius 1 is 1.04 bits per heavy atom. The first-order valence-corrected chi connectivity index (χ1v) is 9.80. The molecule has 0 aromatic heterocycles. The second-order valence-corrected chi connectivity index (χ2v) is 7.16. The van der Waals surface area contributed by atoms with E-state index in [1.54, 1.807) is 6.07 Å². The summed E-state index contributed by atoms with van der Waals surface area (Å²) in [4.78, 5) is 12.2. The van der Waals surface area contributed by atoms with Crippen LogP contribution in [0.5, 0.6) is 0 Å². The van der Waals surface area contributed by atoms with Gasteiger partial charge in [0.15, 0.2) is 0 Å². The lowest BCUT2D eigenvalue weighted by molar-refractivity contribution is -0.123. The van der Waals surface area contributed by atoms with Crippen LogP contribution < -0.4 is 10.6 Å². The van der Waals surface area contributed by atoms with Gasteiger partial charge in [0.05, 0.1) is 16.1 Å². The Balaban J connectivity index is 1.87. The van der Waals surface area contributed by atoms with Crippen LogP contribution in [0.1, 0.15) is 31.7 Å². The Morgan fingerprint density at radius 3 is 2.35 bits per heavy atom. The van der Waals surface area contributed by atoms with Crippen LogP contribution in [0.15, 0.2) is 42.5 Å². The number of amides is 1. The van der Waals surface area contributed by atoms with Crippen molar-refractivity contribution in [2.75, 3.05) is 13.6 Å². The number of likely N-dealkylation sites (N-methyl/N-ethyl adjacent to an activating group) is 1. The SMILES string of the molecule is CCCC[C@H](NC)C(=O)NCCc1ccc(-c2ccc(Cl)c(Cl)c2)cc1. The van der Waals surface area contributed by atoms with Crippen LogP contribution in [0.4, 0.5) is 0 Å². The van der Waals surface area contributed by atoms with Gasteiger partial charge in [-0.25, -0.2) is 0 Å². The first-order valence-electron chi connectivity index (χ1n) is 9.04. The number of carbonyl (C=O) groups excluding carboxylic acids is 1. The number of nitrogens with one attached hydrogen (secondary N) is 2. The average Bonchev–Trinajstić information content (AvgIpc) is 2.65. The maximum absolute atomic E-state index is 12.2. The van der Waals surface area contributed by atoms with Crippen molar-refractivity contribution in [2.24, 2.45) is 0 Å². The van der Waals surface area contributed by atoms with Crippen molar-refractivity contribution in [1.29, 1.82) is 0 Å². The van der Waals surface area contributed by atoms with Crippen molar-refractivity contribution < 1.29 is 4.79 Å². The van der Waals surface area contributed by atoms with E-state index in [2.05, 4.69) is 41.8 Å². The van der Waals surface area contributed by atoms with E-state index >= 15 is 0 Å². The fourth-order valence-corrected chi connectivity index (χ4v) is 3.11. The minimum Gasteiger partial charge on any atom is -0.354 e. The lowest BCUT2D eigenvalue weighted by Crippen LogP contribution is -2.43. The van der Waals surface area contributed by atoms with Gasteiger partial charge in [0.1, 0.15) is 0 Å². The number of hydrogen-bond acceptors (Lipinski definition) is 2. The molecule has 3 nitrogen and oxygen atoms in total. The number of unbranched alkanes of at least 4 members (excludes halogenated alkanes) is 1. The van der Waals surface area contributed by atoms with Crippen molar-refractivity contribution in [3.8, 4) is 11.1 Å². The van der Waals surface area contributed by atoms with Crippen LogP contribution in [-0.4, -0.2) is 25.5 Å². The largest absolute Gasteiger partial charge is 0.354 e. The summed E-state index contributed by atoms with van der Waals surface area (Å²) in [5.41, 5.74) is 3.31. The van der Waals surface area contributed by atoms with Gasteiger partial charge in [-0.15, -0.1) is 0 Å². The van der Waals surface area contributed by atoms with E-state index in [1.165, 1.54) is 5.56 Å². The molecule has 1 amide bonds. The molecule has 0 aliphatic heterocycles. The summed E-state index contributed by atoms with van der Waals surface area (Å²) in [5.74, 6) is 0.0772. The summed E-state index contributed by atoms with van der Waals surface area (Å²) >= 11 is 12.1. The highest BCUT2D eigenvalue weighted by Crippen LogP contribution is 2.28. The van der Waals surface area contributed by atoms with Gasteiger partial charge >= 0.3 is 0 Å². The zero-order valence-electron chi connectivity index (χ0n) is 15.3. The smallest absolute Gasteiger partial charge is 0.237 e. The molecule has 1 atom stereocenters. The van der Waals surface area contributed by atoms with E-state index in [0.29, 0.717) is 16.6 Å². The van der Waals surface area contributed by atoms with Gasteiger partial charge in [-0.3, -0.25) is 4.79 Å². The van der Waals surface area contributed by atoms with Gasteiger partial charge in [0.25, 0.3) is 0 Å². The summed E-state index contributed by atoms with van der Waals surface area (Å²) in [6.07, 6.45) is 3.82. The molecule has 26 heavy (non-hydrogen) atoms. The van der Waals surface area contributed by atoms with E-state index in [0.717, 1.165) is 36.8 Å². The zero-order valence-corrected chi connectivity index (χ0v) is 16.8. The summed E-state index contributed by atoms with van der Waals surface area (Å²) < 4.78 is 0. The molecule has 0 heterocycles. The third-order valence-electron chi connectivity index (χ3n) is 4.43. The molecule has 0 radical (unpaired) electrons. The van der Waals surface area contributed by atoms with E-state index in [9.17, 15) is 4.79 Å². The van der Waals surface area contributed by atoms with Crippen LogP contribution in [-0.2, 0) is 11.2 Å². The van der Waals surface area contributed by atoms with Crippen molar-refractivity contribution in [2.45, 2.75) is 38.6 Å². The fraction of sp³-hybridized carbons (Fsp3) is 0.381. The van der Waals surface area contributed by atoms with Crippen LogP contribution in [0.3, 0.4) is 0 Å². The first kappa shape index (κ1) is 20.8. The monoisotopic (exact) mass is 392 g/mol. The maximum atomic E-state index is 12.2. The highest BCUT2D eigenvalue weighted by Gasteiger charge is 2.14. The molecule has 140 valence electrons. The van der Waals surface area contributed by atoms with Crippen LogP contribution in [0.25, 0.3) is 11.1 Å². The Labute approximate surface area is 166 Å². The molecule has 0 unspecified atom stereocenters. The third kappa shape index (κ3) is 6.01. The van der Waals surface area contributed by atoms with Crippen molar-refractivity contribution in [1.82, 2.24) is 10.6 Å². The molecule has 2 aromatic carbocycles. The third-order valence-corrected chi connectivity index (χ3v) is 5.17. The van der Waals surface area contributed by atoms with Crippen molar-refractivity contribution >= 4 is 29.1 Å². The molecular weight excluding hydrogens is 367 g/mol. The molecule has 0 aliphatic rings. The topological polar surface area (TPSA) is 41.1 Å². The van der Waals surface area contributed by atoms with Crippen LogP contribution in [0, 0.1) is 0 Å². The van der Waals surface area contributed by atoms with E-state index < -0.39 is 0 Å². The standard InChI is InChI=1S/C21H26Cl2N2O/c1-3-4-5-20(24-2)21(26)25-13-12-15-6-8-16(9-7-15)17-10-11-18(22)19(23)14-17/h6-11,14,20,24H,3-5,12-13H2,1-2H3,(H,25,26)/t20-/m0/s1. The van der Waals surface area contributed by atoms with E-state index in [-0.39, 0.29) is 11.9 Å². The molecule has 0 spiro atoms. The maximum Gasteiger partial charge on any atom is 0.237 e. The Bertz CT molecular complexity index is 716. The molecule has 2 rings (SSSR count). The van der Waals surface area contributed by atoms with Gasteiger partial charge < -0.3 is 10.6 Å². The Hall–Kier alpha value is -1.55. The Kier molecular flexibility index (Phi) is 8.43. The van der Waals surface area contributed by atoms with Gasteiger partial charge in [0.2, 0.25) is 5.91 Å². The summed E-state index contributed by atoms with van der Waals surface area (Å²) in [6.45, 7) is 2.77. The first-order chi connectivity index (χ1) is 12.5. The molecule has 2 aromatic rings. The molecule has 0 aliphatic carbocycles. The number of rotatable bonds is 9.